The molecule has 1 atom stereocenters. The van der Waals surface area contributed by atoms with E-state index in [1.165, 1.54) is 29.4 Å². The first-order valence-electron chi connectivity index (χ1n) is 7.21. The maximum Gasteiger partial charge on any atom is 0.328 e. The summed E-state index contributed by atoms with van der Waals surface area (Å²) < 4.78 is 1.64. The average molecular weight is 314 g/mol. The van der Waals surface area contributed by atoms with Gasteiger partial charge >= 0.3 is 5.97 Å². The van der Waals surface area contributed by atoms with Crippen LogP contribution in [0.5, 0.6) is 0 Å². The zero-order valence-electron chi connectivity index (χ0n) is 12.0. The Morgan fingerprint density at radius 3 is 3.23 bits per heavy atom. The first-order chi connectivity index (χ1) is 10.6. The van der Waals surface area contributed by atoms with Crippen LogP contribution in [0, 0.1) is 0 Å². The molecule has 3 aromatic rings. The number of carbonyl (C=O) groups is 1. The number of fused-ring (bicyclic) bond motifs is 5. The monoisotopic (exact) mass is 314 g/mol. The molecule has 7 heteroatoms. The maximum atomic E-state index is 10.6. The van der Waals surface area contributed by atoms with Crippen LogP contribution >= 0.6 is 11.3 Å². The minimum atomic E-state index is -1.01. The lowest BCUT2D eigenvalue weighted by atomic mass is 9.87. The van der Waals surface area contributed by atoms with Gasteiger partial charge in [0.1, 0.15) is 11.2 Å². The Labute approximate surface area is 130 Å². The summed E-state index contributed by atoms with van der Waals surface area (Å²) in [6.07, 6.45) is 7.60. The van der Waals surface area contributed by atoms with Crippen LogP contribution in [0.3, 0.4) is 0 Å². The summed E-state index contributed by atoms with van der Waals surface area (Å²) in [5.74, 6) is -0.121. The van der Waals surface area contributed by atoms with Gasteiger partial charge in [0, 0.05) is 11.0 Å². The molecule has 0 spiro atoms. The van der Waals surface area contributed by atoms with E-state index in [-0.39, 0.29) is 0 Å². The molecule has 0 aromatic carbocycles. The predicted octanol–water partition coefficient (Wildman–Crippen LogP) is 2.88. The Morgan fingerprint density at radius 2 is 2.41 bits per heavy atom. The fourth-order valence-electron chi connectivity index (χ4n) is 3.12. The highest BCUT2D eigenvalue weighted by atomic mass is 32.1. The highest BCUT2D eigenvalue weighted by Crippen LogP contribution is 2.42. The van der Waals surface area contributed by atoms with E-state index in [4.69, 9.17) is 5.11 Å². The molecule has 1 unspecified atom stereocenters. The highest BCUT2D eigenvalue weighted by Gasteiger charge is 2.25. The van der Waals surface area contributed by atoms with Crippen molar-refractivity contribution in [1.82, 2.24) is 19.6 Å². The van der Waals surface area contributed by atoms with E-state index in [9.17, 15) is 4.79 Å². The summed E-state index contributed by atoms with van der Waals surface area (Å²) in [6, 6.07) is 0. The zero-order chi connectivity index (χ0) is 15.3. The topological polar surface area (TPSA) is 80.4 Å². The number of aryl methyl sites for hydroxylation is 1. The first-order valence-corrected chi connectivity index (χ1v) is 8.03. The van der Waals surface area contributed by atoms with Crippen LogP contribution in [0.25, 0.3) is 21.9 Å². The van der Waals surface area contributed by atoms with Gasteiger partial charge < -0.3 is 5.11 Å². The lowest BCUT2D eigenvalue weighted by Crippen LogP contribution is -2.04. The molecule has 22 heavy (non-hydrogen) atoms. The fourth-order valence-corrected chi connectivity index (χ4v) is 4.41. The van der Waals surface area contributed by atoms with Crippen LogP contribution in [-0.4, -0.2) is 30.7 Å². The third-order valence-corrected chi connectivity index (χ3v) is 5.24. The molecule has 1 aliphatic carbocycles. The standard InChI is InChI=1S/C15H14N4O2S/c1-8-3-2-4-9-12(8)13-14-17-10(5-6-11(20)21)18-19(14)7-16-15(13)22-9/h5-8H,2-4H2,1H3,(H,20,21)/b6-5+. The number of aliphatic carboxylic acids is 1. The fraction of sp³-hybridized carbons (Fsp3) is 0.333. The number of aromatic nitrogens is 4. The lowest BCUT2D eigenvalue weighted by molar-refractivity contribution is -0.131. The number of hydrogen-bond donors (Lipinski definition) is 1. The first kappa shape index (κ1) is 13.4. The van der Waals surface area contributed by atoms with Gasteiger partial charge in [-0.3, -0.25) is 0 Å². The van der Waals surface area contributed by atoms with Crippen molar-refractivity contribution in [3.05, 3.63) is 28.7 Å². The van der Waals surface area contributed by atoms with E-state index in [1.807, 2.05) is 0 Å². The second-order valence-corrected chi connectivity index (χ2v) is 6.65. The summed E-state index contributed by atoms with van der Waals surface area (Å²) >= 11 is 1.74. The Balaban J connectivity index is 1.98. The van der Waals surface area contributed by atoms with Crippen molar-refractivity contribution in [3.8, 4) is 0 Å². The van der Waals surface area contributed by atoms with Gasteiger partial charge in [0.2, 0.25) is 0 Å². The number of nitrogens with zero attached hydrogens (tertiary/aromatic N) is 4. The largest absolute Gasteiger partial charge is 0.478 e. The minimum Gasteiger partial charge on any atom is -0.478 e. The van der Waals surface area contributed by atoms with Gasteiger partial charge in [-0.25, -0.2) is 19.3 Å². The van der Waals surface area contributed by atoms with Crippen molar-refractivity contribution in [3.63, 3.8) is 0 Å². The summed E-state index contributed by atoms with van der Waals surface area (Å²) in [7, 11) is 0. The Kier molecular flexibility index (Phi) is 2.97. The molecule has 3 aromatic heterocycles. The van der Waals surface area contributed by atoms with Crippen LogP contribution in [0.2, 0.25) is 0 Å². The van der Waals surface area contributed by atoms with E-state index >= 15 is 0 Å². The van der Waals surface area contributed by atoms with E-state index < -0.39 is 5.97 Å². The van der Waals surface area contributed by atoms with Crippen molar-refractivity contribution < 1.29 is 9.90 Å². The summed E-state index contributed by atoms with van der Waals surface area (Å²) in [4.78, 5) is 22.0. The van der Waals surface area contributed by atoms with E-state index in [2.05, 4.69) is 22.0 Å². The molecule has 0 amide bonds. The SMILES string of the molecule is CC1CCCc2sc3ncn4nc(/C=C/C(=O)O)nc4c3c21. The molecule has 3 heterocycles. The van der Waals surface area contributed by atoms with E-state index in [1.54, 1.807) is 22.2 Å². The minimum absolute atomic E-state index is 0.389. The lowest BCUT2D eigenvalue weighted by Gasteiger charge is -2.18. The molecule has 0 aliphatic heterocycles. The normalized spacial score (nSPS) is 18.3. The molecule has 1 aliphatic rings. The average Bonchev–Trinajstić information content (AvgIpc) is 3.05. The molecule has 0 radical (unpaired) electrons. The smallest absolute Gasteiger partial charge is 0.328 e. The molecule has 0 fully saturated rings. The van der Waals surface area contributed by atoms with Gasteiger partial charge in [0.15, 0.2) is 11.5 Å². The third-order valence-electron chi connectivity index (χ3n) is 4.07. The van der Waals surface area contributed by atoms with Gasteiger partial charge in [0.05, 0.1) is 5.39 Å². The van der Waals surface area contributed by atoms with Crippen LogP contribution in [0.1, 0.15) is 41.9 Å². The van der Waals surface area contributed by atoms with E-state index in [0.717, 1.165) is 28.4 Å². The van der Waals surface area contributed by atoms with Crippen molar-refractivity contribution in [2.45, 2.75) is 32.1 Å². The zero-order valence-corrected chi connectivity index (χ0v) is 12.8. The van der Waals surface area contributed by atoms with Gasteiger partial charge in [-0.15, -0.1) is 16.4 Å². The second-order valence-electron chi connectivity index (χ2n) is 5.57. The Hall–Kier alpha value is -2.28. The van der Waals surface area contributed by atoms with Crippen LogP contribution in [0.4, 0.5) is 0 Å². The summed E-state index contributed by atoms with van der Waals surface area (Å²) in [5.41, 5.74) is 2.12. The molecular weight excluding hydrogens is 300 g/mol. The van der Waals surface area contributed by atoms with Gasteiger partial charge in [-0.1, -0.05) is 6.92 Å². The molecule has 0 saturated carbocycles. The number of hydrogen-bond acceptors (Lipinski definition) is 5. The third kappa shape index (κ3) is 2.00. The summed E-state index contributed by atoms with van der Waals surface area (Å²) in [5, 5.41) is 14.1. The molecular formula is C15H14N4O2S. The highest BCUT2D eigenvalue weighted by molar-refractivity contribution is 7.19. The van der Waals surface area contributed by atoms with Crippen LogP contribution < -0.4 is 0 Å². The Bertz CT molecular complexity index is 925. The molecule has 112 valence electrons. The molecule has 1 N–H and O–H groups in total. The molecule has 6 nitrogen and oxygen atoms in total. The van der Waals surface area contributed by atoms with Crippen molar-refractivity contribution in [2.75, 3.05) is 0 Å². The van der Waals surface area contributed by atoms with Gasteiger partial charge in [0.25, 0.3) is 0 Å². The molecule has 0 bridgehead atoms. The number of carboxylic acid groups (broad SMARTS) is 1. The predicted molar refractivity (Wildman–Crippen MR) is 84.2 cm³/mol. The second kappa shape index (κ2) is 4.88. The maximum absolute atomic E-state index is 10.6. The number of carboxylic acids is 1. The number of rotatable bonds is 2. The van der Waals surface area contributed by atoms with Crippen LogP contribution in [0.15, 0.2) is 12.4 Å². The summed E-state index contributed by atoms with van der Waals surface area (Å²) in [6.45, 7) is 2.25. The van der Waals surface area contributed by atoms with Gasteiger partial charge in [-0.2, -0.15) is 0 Å². The van der Waals surface area contributed by atoms with Crippen molar-refractivity contribution in [2.24, 2.45) is 0 Å². The van der Waals surface area contributed by atoms with Crippen LogP contribution in [-0.2, 0) is 11.2 Å². The van der Waals surface area contributed by atoms with Gasteiger partial charge in [-0.05, 0) is 36.8 Å². The number of thiophene rings is 1. The quantitative estimate of drug-likeness (QED) is 0.736. The molecule has 0 saturated heterocycles. The molecule has 4 rings (SSSR count). The Morgan fingerprint density at radius 1 is 1.55 bits per heavy atom. The van der Waals surface area contributed by atoms with Crippen molar-refractivity contribution in [1.29, 1.82) is 0 Å². The van der Waals surface area contributed by atoms with Crippen molar-refractivity contribution >= 4 is 39.2 Å². The van der Waals surface area contributed by atoms with E-state index in [0.29, 0.717) is 11.7 Å².